The average Bonchev–Trinajstić information content (AvgIpc) is 3.08. The summed E-state index contributed by atoms with van der Waals surface area (Å²) in [5, 5.41) is 6.42. The van der Waals surface area contributed by atoms with Crippen LogP contribution in [0.1, 0.15) is 19.8 Å². The third-order valence-corrected chi connectivity index (χ3v) is 6.18. The normalized spacial score (nSPS) is 12.7. The van der Waals surface area contributed by atoms with E-state index in [0.717, 1.165) is 43.5 Å². The number of unbranched alkanes of at least 4 members (excludes halogenated alkanes) is 1. The van der Waals surface area contributed by atoms with Crippen molar-refractivity contribution >= 4 is 48.3 Å². The number of hydrogen-bond acceptors (Lipinski definition) is 8. The van der Waals surface area contributed by atoms with E-state index < -0.39 is 20.7 Å². The fourth-order valence-electron chi connectivity index (χ4n) is 2.19. The molecule has 0 spiro atoms. The molecule has 0 amide bonds. The zero-order valence-corrected chi connectivity index (χ0v) is 17.9. The van der Waals surface area contributed by atoms with Crippen LogP contribution in [0.5, 0.6) is 0 Å². The van der Waals surface area contributed by atoms with Crippen LogP contribution in [0.25, 0.3) is 0 Å². The maximum atomic E-state index is 14.4. The van der Waals surface area contributed by atoms with Gasteiger partial charge in [0, 0.05) is 35.1 Å². The summed E-state index contributed by atoms with van der Waals surface area (Å²) in [5.41, 5.74) is 6.14. The fourth-order valence-corrected chi connectivity index (χ4v) is 4.57. The van der Waals surface area contributed by atoms with Gasteiger partial charge in [-0.3, -0.25) is 4.72 Å². The molecule has 1 atom stereocenters. The lowest BCUT2D eigenvalue weighted by Gasteiger charge is -2.12. The van der Waals surface area contributed by atoms with Crippen LogP contribution in [0.3, 0.4) is 0 Å². The standard InChI is InChI=1S/C15H22BrFN6O2S2/c1-10(18)8-19-4-2-3-5-20-13-7-12(17)14(6-11(13)16)27(24,25)23-15-21-9-22-26-15/h6-7,9-10,19-20H,2-5,8,18H2,1H3,(H,21,22,23)/t10-/m1/s1. The van der Waals surface area contributed by atoms with Gasteiger partial charge >= 0.3 is 0 Å². The Labute approximate surface area is 170 Å². The summed E-state index contributed by atoms with van der Waals surface area (Å²) in [6, 6.07) is 2.51. The molecule has 8 nitrogen and oxygen atoms in total. The van der Waals surface area contributed by atoms with Crippen molar-refractivity contribution in [2.45, 2.75) is 30.7 Å². The molecule has 2 rings (SSSR count). The fraction of sp³-hybridized carbons (Fsp3) is 0.467. The number of sulfonamides is 1. The van der Waals surface area contributed by atoms with E-state index in [1.807, 2.05) is 6.92 Å². The minimum Gasteiger partial charge on any atom is -0.384 e. The third kappa shape index (κ3) is 6.96. The van der Waals surface area contributed by atoms with E-state index in [9.17, 15) is 12.8 Å². The van der Waals surface area contributed by atoms with E-state index in [1.54, 1.807) is 0 Å². The monoisotopic (exact) mass is 480 g/mol. The van der Waals surface area contributed by atoms with Crippen molar-refractivity contribution in [3.05, 3.63) is 28.7 Å². The number of nitrogens with one attached hydrogen (secondary N) is 3. The Morgan fingerprint density at radius 1 is 1.33 bits per heavy atom. The first-order valence-corrected chi connectivity index (χ1v) is 11.3. The van der Waals surface area contributed by atoms with Crippen molar-refractivity contribution in [2.75, 3.05) is 29.7 Å². The Hall–Kier alpha value is -1.34. The molecule has 1 aromatic carbocycles. The number of halogens is 2. The maximum absolute atomic E-state index is 14.4. The number of nitrogens with zero attached hydrogens (tertiary/aromatic N) is 2. The van der Waals surface area contributed by atoms with Gasteiger partial charge in [0.25, 0.3) is 10.0 Å². The molecular weight excluding hydrogens is 459 g/mol. The number of nitrogens with two attached hydrogens (primary N) is 1. The summed E-state index contributed by atoms with van der Waals surface area (Å²) in [4.78, 5) is 3.27. The maximum Gasteiger partial charge on any atom is 0.266 e. The van der Waals surface area contributed by atoms with Gasteiger partial charge in [0.15, 0.2) is 0 Å². The van der Waals surface area contributed by atoms with Gasteiger partial charge in [0.2, 0.25) is 5.13 Å². The van der Waals surface area contributed by atoms with Gasteiger partial charge in [-0.25, -0.2) is 17.8 Å². The molecule has 0 saturated carbocycles. The quantitative estimate of drug-likeness (QED) is 0.364. The SMILES string of the molecule is C[C@@H](N)CNCCCCNc1cc(F)c(S(=O)(=O)Nc2ncns2)cc1Br. The number of anilines is 2. The molecule has 0 unspecified atom stereocenters. The molecule has 27 heavy (non-hydrogen) atoms. The summed E-state index contributed by atoms with van der Waals surface area (Å²) in [5.74, 6) is -0.851. The van der Waals surface area contributed by atoms with Gasteiger partial charge in [-0.1, -0.05) is 0 Å². The molecular formula is C15H22BrFN6O2S2. The van der Waals surface area contributed by atoms with Gasteiger partial charge in [-0.2, -0.15) is 4.37 Å². The van der Waals surface area contributed by atoms with E-state index in [-0.39, 0.29) is 11.2 Å². The predicted octanol–water partition coefficient (Wildman–Crippen LogP) is 2.37. The van der Waals surface area contributed by atoms with Gasteiger partial charge in [-0.15, -0.1) is 0 Å². The first-order valence-electron chi connectivity index (χ1n) is 8.28. The highest BCUT2D eigenvalue weighted by Gasteiger charge is 2.22. The van der Waals surface area contributed by atoms with Crippen LogP contribution in [0, 0.1) is 5.82 Å². The number of aromatic nitrogens is 2. The Balaban J connectivity index is 1.92. The zero-order valence-electron chi connectivity index (χ0n) is 14.7. The lowest BCUT2D eigenvalue weighted by atomic mass is 10.2. The van der Waals surface area contributed by atoms with Gasteiger partial charge in [0.05, 0.1) is 5.69 Å². The lowest BCUT2D eigenvalue weighted by Crippen LogP contribution is -2.31. The largest absolute Gasteiger partial charge is 0.384 e. The highest BCUT2D eigenvalue weighted by molar-refractivity contribution is 9.10. The molecule has 1 aromatic heterocycles. The minimum absolute atomic E-state index is 0.0744. The Morgan fingerprint density at radius 2 is 2.07 bits per heavy atom. The Kier molecular flexibility index (Phi) is 8.35. The number of rotatable bonds is 11. The van der Waals surface area contributed by atoms with Crippen molar-refractivity contribution in [1.29, 1.82) is 0 Å². The zero-order chi connectivity index (χ0) is 19.9. The Morgan fingerprint density at radius 3 is 2.74 bits per heavy atom. The molecule has 0 fully saturated rings. The second-order valence-corrected chi connectivity index (χ2v) is 9.21. The van der Waals surface area contributed by atoms with Crippen LogP contribution in [-0.2, 0) is 10.0 Å². The Bertz CT molecular complexity index is 833. The molecule has 2 aromatic rings. The van der Waals surface area contributed by atoms with Crippen LogP contribution in [-0.4, -0.2) is 43.5 Å². The van der Waals surface area contributed by atoms with Crippen LogP contribution in [0.2, 0.25) is 0 Å². The van der Waals surface area contributed by atoms with Gasteiger partial charge in [0.1, 0.15) is 17.0 Å². The highest BCUT2D eigenvalue weighted by Crippen LogP contribution is 2.29. The molecule has 12 heteroatoms. The van der Waals surface area contributed by atoms with E-state index in [4.69, 9.17) is 5.73 Å². The van der Waals surface area contributed by atoms with Crippen molar-refractivity contribution in [3.8, 4) is 0 Å². The lowest BCUT2D eigenvalue weighted by molar-refractivity contribution is 0.570. The molecule has 0 radical (unpaired) electrons. The van der Waals surface area contributed by atoms with E-state index in [2.05, 4.69) is 40.6 Å². The predicted molar refractivity (Wildman–Crippen MR) is 109 cm³/mol. The van der Waals surface area contributed by atoms with Crippen molar-refractivity contribution in [2.24, 2.45) is 5.73 Å². The van der Waals surface area contributed by atoms with Gasteiger partial charge in [-0.05, 0) is 54.4 Å². The molecule has 0 saturated heterocycles. The first kappa shape index (κ1) is 22.0. The molecule has 0 aliphatic carbocycles. The van der Waals surface area contributed by atoms with Crippen molar-refractivity contribution in [1.82, 2.24) is 14.7 Å². The summed E-state index contributed by atoms with van der Waals surface area (Å²) in [6.45, 7) is 4.19. The van der Waals surface area contributed by atoms with Crippen molar-refractivity contribution < 1.29 is 12.8 Å². The second-order valence-electron chi connectivity index (χ2n) is 5.93. The van der Waals surface area contributed by atoms with E-state index >= 15 is 0 Å². The molecule has 5 N–H and O–H groups in total. The highest BCUT2D eigenvalue weighted by atomic mass is 79.9. The molecule has 0 aliphatic heterocycles. The minimum atomic E-state index is -4.09. The van der Waals surface area contributed by atoms with Crippen LogP contribution >= 0.6 is 27.5 Å². The van der Waals surface area contributed by atoms with Crippen LogP contribution < -0.4 is 21.1 Å². The van der Waals surface area contributed by atoms with E-state index in [1.165, 1.54) is 12.4 Å². The van der Waals surface area contributed by atoms with E-state index in [0.29, 0.717) is 16.7 Å². The first-order chi connectivity index (χ1) is 12.8. The summed E-state index contributed by atoms with van der Waals surface area (Å²) in [7, 11) is -4.09. The molecule has 150 valence electrons. The summed E-state index contributed by atoms with van der Waals surface area (Å²) in [6.07, 6.45) is 3.03. The molecule has 0 aliphatic rings. The molecule has 0 bridgehead atoms. The smallest absolute Gasteiger partial charge is 0.266 e. The number of benzene rings is 1. The topological polar surface area (TPSA) is 122 Å². The van der Waals surface area contributed by atoms with Gasteiger partial charge < -0.3 is 16.4 Å². The summed E-state index contributed by atoms with van der Waals surface area (Å²) < 4.78 is 45.4. The van der Waals surface area contributed by atoms with Crippen LogP contribution in [0.15, 0.2) is 27.8 Å². The number of hydrogen-bond donors (Lipinski definition) is 4. The molecule has 1 heterocycles. The van der Waals surface area contributed by atoms with Crippen molar-refractivity contribution in [3.63, 3.8) is 0 Å². The van der Waals surface area contributed by atoms with Crippen LogP contribution in [0.4, 0.5) is 15.2 Å². The third-order valence-electron chi connectivity index (χ3n) is 3.46. The average molecular weight is 481 g/mol. The summed E-state index contributed by atoms with van der Waals surface area (Å²) >= 11 is 4.16. The second kappa shape index (κ2) is 10.3.